The first-order valence-electron chi connectivity index (χ1n) is 8.95. The highest BCUT2D eigenvalue weighted by atomic mass is 16.5. The normalized spacial score (nSPS) is 19.2. The van der Waals surface area contributed by atoms with Crippen molar-refractivity contribution in [2.24, 2.45) is 0 Å². The van der Waals surface area contributed by atoms with Crippen molar-refractivity contribution in [3.8, 4) is 0 Å². The van der Waals surface area contributed by atoms with Crippen LogP contribution in [0.1, 0.15) is 56.8 Å². The molecular weight excluding hydrogens is 274 g/mol. The van der Waals surface area contributed by atoms with Crippen molar-refractivity contribution in [2.75, 3.05) is 26.2 Å². The van der Waals surface area contributed by atoms with Crippen LogP contribution in [0, 0.1) is 0 Å². The largest absolute Gasteiger partial charge is 0.385 e. The van der Waals surface area contributed by atoms with Crippen LogP contribution < -0.4 is 4.90 Å². The van der Waals surface area contributed by atoms with Gasteiger partial charge in [-0.25, -0.2) is 0 Å². The fourth-order valence-electron chi connectivity index (χ4n) is 3.54. The molecule has 1 aliphatic carbocycles. The smallest absolute Gasteiger partial charge is 0.126 e. The molecule has 0 aliphatic heterocycles. The summed E-state index contributed by atoms with van der Waals surface area (Å²) in [6, 6.07) is 8.57. The van der Waals surface area contributed by atoms with Crippen LogP contribution in [-0.2, 0) is 11.2 Å². The number of benzene rings is 1. The molecule has 1 aromatic rings. The van der Waals surface area contributed by atoms with Gasteiger partial charge in [-0.1, -0.05) is 38.1 Å². The van der Waals surface area contributed by atoms with Gasteiger partial charge in [-0.15, -0.1) is 0 Å². The summed E-state index contributed by atoms with van der Waals surface area (Å²) in [5, 5.41) is 10.3. The number of hydrogen-bond donors (Lipinski definition) is 2. The van der Waals surface area contributed by atoms with Crippen LogP contribution in [0.4, 0.5) is 0 Å². The van der Waals surface area contributed by atoms with Crippen LogP contribution in [0.2, 0.25) is 0 Å². The molecule has 0 bridgehead atoms. The summed E-state index contributed by atoms with van der Waals surface area (Å²) in [5.41, 5.74) is 2.74. The predicted octanol–water partition coefficient (Wildman–Crippen LogP) is 2.15. The van der Waals surface area contributed by atoms with Crippen molar-refractivity contribution >= 4 is 0 Å². The van der Waals surface area contributed by atoms with Crippen LogP contribution in [0.5, 0.6) is 0 Å². The first-order chi connectivity index (χ1) is 10.7. The Morgan fingerprint density at radius 3 is 2.68 bits per heavy atom. The van der Waals surface area contributed by atoms with Crippen molar-refractivity contribution < 1.29 is 14.7 Å². The predicted molar refractivity (Wildman–Crippen MR) is 90.2 cm³/mol. The van der Waals surface area contributed by atoms with Gasteiger partial charge in [0.1, 0.15) is 12.6 Å². The molecule has 124 valence electrons. The van der Waals surface area contributed by atoms with Crippen LogP contribution in [0.3, 0.4) is 0 Å². The molecule has 0 saturated carbocycles. The summed E-state index contributed by atoms with van der Waals surface area (Å²) in [6.45, 7) is 7.94. The molecule has 0 heterocycles. The average molecular weight is 306 g/mol. The Balaban J connectivity index is 1.82. The number of aliphatic hydroxyl groups excluding tert-OH is 1. The van der Waals surface area contributed by atoms with E-state index in [2.05, 4.69) is 38.1 Å². The van der Waals surface area contributed by atoms with Crippen molar-refractivity contribution in [3.05, 3.63) is 35.4 Å². The van der Waals surface area contributed by atoms with E-state index in [1.807, 2.05) is 0 Å². The Morgan fingerprint density at radius 2 is 1.95 bits per heavy atom. The van der Waals surface area contributed by atoms with Crippen LogP contribution in [-0.4, -0.2) is 37.5 Å². The Bertz CT molecular complexity index is 429. The molecule has 3 heteroatoms. The Morgan fingerprint density at radius 1 is 1.23 bits per heavy atom. The number of fused-ring (bicyclic) bond motifs is 1. The van der Waals surface area contributed by atoms with Crippen molar-refractivity contribution in [3.63, 3.8) is 0 Å². The summed E-state index contributed by atoms with van der Waals surface area (Å²) in [5.74, 6) is 0. The van der Waals surface area contributed by atoms with E-state index in [4.69, 9.17) is 4.74 Å². The molecular formula is C19H32NO2+. The lowest BCUT2D eigenvalue weighted by molar-refractivity contribution is -0.903. The second-order valence-electron chi connectivity index (χ2n) is 6.52. The third-order valence-electron chi connectivity index (χ3n) is 4.54. The van der Waals surface area contributed by atoms with E-state index in [9.17, 15) is 5.11 Å². The summed E-state index contributed by atoms with van der Waals surface area (Å²) in [7, 11) is 0. The maximum atomic E-state index is 10.3. The minimum Gasteiger partial charge on any atom is -0.385 e. The van der Waals surface area contributed by atoms with Crippen LogP contribution >= 0.6 is 0 Å². The zero-order valence-electron chi connectivity index (χ0n) is 14.2. The summed E-state index contributed by atoms with van der Waals surface area (Å²) in [6.07, 6.45) is 5.55. The second kappa shape index (κ2) is 9.29. The van der Waals surface area contributed by atoms with E-state index in [1.165, 1.54) is 35.3 Å². The molecule has 2 rings (SSSR count). The minimum atomic E-state index is -0.359. The molecule has 0 aromatic heterocycles. The minimum absolute atomic E-state index is 0.167. The van der Waals surface area contributed by atoms with E-state index >= 15 is 0 Å². The SMILES string of the molecule is CCC[NH+](CCC)C[C@H](O)CO[C@@H]1CCCc2ccccc21. The highest BCUT2D eigenvalue weighted by Crippen LogP contribution is 2.32. The van der Waals surface area contributed by atoms with E-state index in [0.717, 1.165) is 32.5 Å². The first kappa shape index (κ1) is 17.5. The first-order valence-corrected chi connectivity index (χ1v) is 8.95. The van der Waals surface area contributed by atoms with Crippen molar-refractivity contribution in [1.82, 2.24) is 0 Å². The average Bonchev–Trinajstić information content (AvgIpc) is 2.53. The monoisotopic (exact) mass is 306 g/mol. The van der Waals surface area contributed by atoms with Gasteiger partial charge in [0.2, 0.25) is 0 Å². The van der Waals surface area contributed by atoms with Gasteiger partial charge in [0.15, 0.2) is 0 Å². The molecule has 1 aliphatic rings. The van der Waals surface area contributed by atoms with E-state index < -0.39 is 0 Å². The van der Waals surface area contributed by atoms with Gasteiger partial charge in [-0.3, -0.25) is 0 Å². The molecule has 0 spiro atoms. The van der Waals surface area contributed by atoms with Gasteiger partial charge in [0, 0.05) is 0 Å². The number of quaternary nitrogens is 1. The van der Waals surface area contributed by atoms with Crippen molar-refractivity contribution in [2.45, 2.75) is 58.2 Å². The number of hydrogen-bond acceptors (Lipinski definition) is 2. The fourth-order valence-corrected chi connectivity index (χ4v) is 3.54. The molecule has 1 aromatic carbocycles. The topological polar surface area (TPSA) is 33.9 Å². The number of nitrogens with one attached hydrogen (secondary N) is 1. The number of aliphatic hydroxyl groups is 1. The molecule has 0 amide bonds. The molecule has 0 radical (unpaired) electrons. The third kappa shape index (κ3) is 5.08. The van der Waals surface area contributed by atoms with Gasteiger partial charge in [0.25, 0.3) is 0 Å². The van der Waals surface area contributed by atoms with Gasteiger partial charge in [-0.2, -0.15) is 0 Å². The summed E-state index contributed by atoms with van der Waals surface area (Å²) >= 11 is 0. The van der Waals surface area contributed by atoms with Crippen molar-refractivity contribution in [1.29, 1.82) is 0 Å². The molecule has 0 saturated heterocycles. The zero-order chi connectivity index (χ0) is 15.8. The Kier molecular flexibility index (Phi) is 7.37. The molecule has 2 atom stereocenters. The van der Waals surface area contributed by atoms with Crippen LogP contribution in [0.15, 0.2) is 24.3 Å². The fraction of sp³-hybridized carbons (Fsp3) is 0.684. The highest BCUT2D eigenvalue weighted by Gasteiger charge is 2.22. The summed E-state index contributed by atoms with van der Waals surface area (Å²) in [4.78, 5) is 1.49. The number of aryl methyl sites for hydroxylation is 1. The molecule has 0 unspecified atom stereocenters. The lowest BCUT2D eigenvalue weighted by Crippen LogP contribution is -3.13. The molecule has 0 fully saturated rings. The number of ether oxygens (including phenoxy) is 1. The lowest BCUT2D eigenvalue weighted by atomic mass is 9.89. The maximum absolute atomic E-state index is 10.3. The molecule has 3 nitrogen and oxygen atoms in total. The van der Waals surface area contributed by atoms with Gasteiger partial charge < -0.3 is 14.7 Å². The van der Waals surface area contributed by atoms with Gasteiger partial charge in [0.05, 0.1) is 25.8 Å². The van der Waals surface area contributed by atoms with E-state index in [-0.39, 0.29) is 12.2 Å². The van der Waals surface area contributed by atoms with Gasteiger partial charge in [-0.05, 0) is 43.2 Å². The number of rotatable bonds is 9. The van der Waals surface area contributed by atoms with Gasteiger partial charge >= 0.3 is 0 Å². The van der Waals surface area contributed by atoms with Crippen LogP contribution in [0.25, 0.3) is 0 Å². The zero-order valence-corrected chi connectivity index (χ0v) is 14.2. The second-order valence-corrected chi connectivity index (χ2v) is 6.52. The lowest BCUT2D eigenvalue weighted by Gasteiger charge is -2.27. The maximum Gasteiger partial charge on any atom is 0.126 e. The van der Waals surface area contributed by atoms with E-state index in [0.29, 0.717) is 6.61 Å². The molecule has 2 N–H and O–H groups in total. The standard InChI is InChI=1S/C19H31NO2/c1-3-12-20(13-4-2)14-17(21)15-22-19-11-7-9-16-8-5-6-10-18(16)19/h5-6,8,10,17,19,21H,3-4,7,9,11-15H2,1-2H3/p+1/t17-,19+/m0/s1. The Labute approximate surface area is 135 Å². The third-order valence-corrected chi connectivity index (χ3v) is 4.54. The highest BCUT2D eigenvalue weighted by molar-refractivity contribution is 5.31. The van der Waals surface area contributed by atoms with E-state index in [1.54, 1.807) is 0 Å². The molecule has 22 heavy (non-hydrogen) atoms. The summed E-state index contributed by atoms with van der Waals surface area (Å²) < 4.78 is 6.07. The quantitative estimate of drug-likeness (QED) is 0.733. The Hall–Kier alpha value is -0.900.